The number of aromatic nitrogens is 3. The van der Waals surface area contributed by atoms with Crippen LogP contribution in [0.3, 0.4) is 0 Å². The van der Waals surface area contributed by atoms with Gasteiger partial charge in [0, 0.05) is 57.1 Å². The van der Waals surface area contributed by atoms with Gasteiger partial charge in [-0.15, -0.1) is 0 Å². The first-order valence-corrected chi connectivity index (χ1v) is 9.93. The predicted octanol–water partition coefficient (Wildman–Crippen LogP) is 1.80. The van der Waals surface area contributed by atoms with Gasteiger partial charge < -0.3 is 19.9 Å². The highest BCUT2D eigenvalue weighted by atomic mass is 16.5. The Morgan fingerprint density at radius 3 is 2.75 bits per heavy atom. The first-order valence-electron chi connectivity index (χ1n) is 9.93. The van der Waals surface area contributed by atoms with E-state index in [1.807, 2.05) is 29.3 Å². The molecule has 2 saturated heterocycles. The molecular weight excluding hydrogens is 356 g/mol. The Balaban J connectivity index is 1.32. The number of amides is 1. The minimum absolute atomic E-state index is 0.275. The van der Waals surface area contributed by atoms with Gasteiger partial charge in [-0.3, -0.25) is 4.79 Å². The van der Waals surface area contributed by atoms with Crippen LogP contribution in [0.4, 0.5) is 11.6 Å². The molecule has 2 aliphatic rings. The summed E-state index contributed by atoms with van der Waals surface area (Å²) in [6, 6.07) is 5.88. The number of rotatable bonds is 7. The van der Waals surface area contributed by atoms with E-state index in [1.165, 1.54) is 0 Å². The summed E-state index contributed by atoms with van der Waals surface area (Å²) >= 11 is 0. The van der Waals surface area contributed by atoms with E-state index in [0.29, 0.717) is 12.2 Å². The van der Waals surface area contributed by atoms with Gasteiger partial charge in [0.15, 0.2) is 5.82 Å². The van der Waals surface area contributed by atoms with Gasteiger partial charge in [0.25, 0.3) is 0 Å². The summed E-state index contributed by atoms with van der Waals surface area (Å²) in [7, 11) is 0. The van der Waals surface area contributed by atoms with E-state index in [0.717, 1.165) is 76.0 Å². The minimum atomic E-state index is 0.275. The third kappa shape index (κ3) is 4.56. The SMILES string of the molecule is O=C1CCCN1CCCNc1ccnc(-c2ccc(N3CCOCC3)nc2)n1. The van der Waals surface area contributed by atoms with Gasteiger partial charge in [-0.25, -0.2) is 15.0 Å². The van der Waals surface area contributed by atoms with Gasteiger partial charge in [0.2, 0.25) is 5.91 Å². The third-order valence-corrected chi connectivity index (χ3v) is 5.08. The molecule has 0 spiro atoms. The Bertz CT molecular complexity index is 792. The first kappa shape index (κ1) is 18.6. The molecule has 1 amide bonds. The number of hydrogen-bond donors (Lipinski definition) is 1. The summed E-state index contributed by atoms with van der Waals surface area (Å²) in [5.41, 5.74) is 0.892. The second-order valence-electron chi connectivity index (χ2n) is 7.03. The number of anilines is 2. The second-order valence-corrected chi connectivity index (χ2v) is 7.03. The molecule has 148 valence electrons. The standard InChI is InChI=1S/C20H26N6O2/c27-19-3-1-9-26(19)10-2-7-21-17-6-8-22-20(24-17)16-4-5-18(23-15-16)25-11-13-28-14-12-25/h4-6,8,15H,1-3,7,9-14H2,(H,21,22,24). The summed E-state index contributed by atoms with van der Waals surface area (Å²) in [4.78, 5) is 29.3. The first-order chi connectivity index (χ1) is 13.8. The lowest BCUT2D eigenvalue weighted by Crippen LogP contribution is -2.36. The highest BCUT2D eigenvalue weighted by molar-refractivity contribution is 5.78. The lowest BCUT2D eigenvalue weighted by Gasteiger charge is -2.27. The quantitative estimate of drug-likeness (QED) is 0.731. The van der Waals surface area contributed by atoms with Crippen LogP contribution in [0.5, 0.6) is 0 Å². The number of nitrogens with one attached hydrogen (secondary N) is 1. The zero-order valence-electron chi connectivity index (χ0n) is 16.0. The third-order valence-electron chi connectivity index (χ3n) is 5.08. The van der Waals surface area contributed by atoms with E-state index in [9.17, 15) is 4.79 Å². The highest BCUT2D eigenvalue weighted by Crippen LogP contribution is 2.19. The molecule has 8 heteroatoms. The van der Waals surface area contributed by atoms with Crippen LogP contribution in [0.15, 0.2) is 30.6 Å². The molecule has 0 unspecified atom stereocenters. The Kier molecular flexibility index (Phi) is 5.96. The van der Waals surface area contributed by atoms with Crippen molar-refractivity contribution >= 4 is 17.5 Å². The highest BCUT2D eigenvalue weighted by Gasteiger charge is 2.19. The Labute approximate surface area is 164 Å². The number of nitrogens with zero attached hydrogens (tertiary/aromatic N) is 5. The van der Waals surface area contributed by atoms with Crippen LogP contribution in [-0.2, 0) is 9.53 Å². The molecule has 0 radical (unpaired) electrons. The molecule has 2 fully saturated rings. The maximum atomic E-state index is 11.6. The van der Waals surface area contributed by atoms with Gasteiger partial charge in [-0.2, -0.15) is 0 Å². The molecule has 2 aromatic rings. The Hall–Kier alpha value is -2.74. The van der Waals surface area contributed by atoms with Gasteiger partial charge in [-0.05, 0) is 31.0 Å². The van der Waals surface area contributed by atoms with Crippen molar-refractivity contribution in [1.29, 1.82) is 0 Å². The van der Waals surface area contributed by atoms with Crippen molar-refractivity contribution in [3.63, 3.8) is 0 Å². The molecule has 2 aromatic heterocycles. The van der Waals surface area contributed by atoms with Crippen molar-refractivity contribution in [2.75, 3.05) is 56.2 Å². The summed E-state index contributed by atoms with van der Waals surface area (Å²) in [5, 5.41) is 3.33. The van der Waals surface area contributed by atoms with E-state index >= 15 is 0 Å². The maximum absolute atomic E-state index is 11.6. The second kappa shape index (κ2) is 8.97. The van der Waals surface area contributed by atoms with E-state index in [-0.39, 0.29) is 5.91 Å². The Morgan fingerprint density at radius 2 is 2.00 bits per heavy atom. The summed E-state index contributed by atoms with van der Waals surface area (Å²) < 4.78 is 5.39. The van der Waals surface area contributed by atoms with Crippen molar-refractivity contribution in [3.05, 3.63) is 30.6 Å². The minimum Gasteiger partial charge on any atom is -0.378 e. The van der Waals surface area contributed by atoms with Crippen LogP contribution in [0.1, 0.15) is 19.3 Å². The average Bonchev–Trinajstić information content (AvgIpc) is 3.17. The molecule has 0 aromatic carbocycles. The zero-order chi connectivity index (χ0) is 19.2. The van der Waals surface area contributed by atoms with Crippen molar-refractivity contribution in [3.8, 4) is 11.4 Å². The van der Waals surface area contributed by atoms with Gasteiger partial charge >= 0.3 is 0 Å². The molecule has 0 saturated carbocycles. The van der Waals surface area contributed by atoms with Crippen molar-refractivity contribution in [2.24, 2.45) is 0 Å². The Morgan fingerprint density at radius 1 is 1.11 bits per heavy atom. The molecule has 4 heterocycles. The van der Waals surface area contributed by atoms with Crippen molar-refractivity contribution in [2.45, 2.75) is 19.3 Å². The molecule has 4 rings (SSSR count). The van der Waals surface area contributed by atoms with Crippen LogP contribution >= 0.6 is 0 Å². The van der Waals surface area contributed by atoms with E-state index in [2.05, 4.69) is 25.2 Å². The van der Waals surface area contributed by atoms with Crippen LogP contribution in [0, 0.1) is 0 Å². The number of morpholine rings is 1. The fraction of sp³-hybridized carbons (Fsp3) is 0.500. The monoisotopic (exact) mass is 382 g/mol. The molecular formula is C20H26N6O2. The van der Waals surface area contributed by atoms with Crippen LogP contribution in [0.2, 0.25) is 0 Å². The van der Waals surface area contributed by atoms with Gasteiger partial charge in [0.1, 0.15) is 11.6 Å². The average molecular weight is 382 g/mol. The van der Waals surface area contributed by atoms with E-state index in [4.69, 9.17) is 4.74 Å². The van der Waals surface area contributed by atoms with Gasteiger partial charge in [0.05, 0.1) is 13.2 Å². The fourth-order valence-corrected chi connectivity index (χ4v) is 3.52. The molecule has 8 nitrogen and oxygen atoms in total. The van der Waals surface area contributed by atoms with E-state index < -0.39 is 0 Å². The fourth-order valence-electron chi connectivity index (χ4n) is 3.52. The molecule has 0 aliphatic carbocycles. The van der Waals surface area contributed by atoms with Crippen molar-refractivity contribution < 1.29 is 9.53 Å². The number of hydrogen-bond acceptors (Lipinski definition) is 7. The maximum Gasteiger partial charge on any atom is 0.222 e. The number of carbonyl (C=O) groups is 1. The van der Waals surface area contributed by atoms with Crippen molar-refractivity contribution in [1.82, 2.24) is 19.9 Å². The smallest absolute Gasteiger partial charge is 0.222 e. The topological polar surface area (TPSA) is 83.5 Å². The molecule has 0 atom stereocenters. The lowest BCUT2D eigenvalue weighted by atomic mass is 10.2. The lowest BCUT2D eigenvalue weighted by molar-refractivity contribution is -0.127. The van der Waals surface area contributed by atoms with Crippen LogP contribution in [0.25, 0.3) is 11.4 Å². The summed E-state index contributed by atoms with van der Waals surface area (Å²) in [6.07, 6.45) is 6.16. The number of carbonyl (C=O) groups excluding carboxylic acids is 1. The molecule has 1 N–H and O–H groups in total. The normalized spacial score (nSPS) is 17.2. The number of pyridine rings is 1. The molecule has 2 aliphatic heterocycles. The number of ether oxygens (including phenoxy) is 1. The number of likely N-dealkylation sites (tertiary alicyclic amines) is 1. The van der Waals surface area contributed by atoms with E-state index in [1.54, 1.807) is 6.20 Å². The van der Waals surface area contributed by atoms with Crippen LogP contribution in [-0.4, -0.2) is 71.7 Å². The zero-order valence-corrected chi connectivity index (χ0v) is 16.0. The summed E-state index contributed by atoms with van der Waals surface area (Å²) in [5.74, 6) is 2.67. The molecule has 28 heavy (non-hydrogen) atoms. The summed E-state index contributed by atoms with van der Waals surface area (Å²) in [6.45, 7) is 5.68. The van der Waals surface area contributed by atoms with Gasteiger partial charge in [-0.1, -0.05) is 0 Å². The largest absolute Gasteiger partial charge is 0.378 e. The molecule has 0 bridgehead atoms. The van der Waals surface area contributed by atoms with Crippen LogP contribution < -0.4 is 10.2 Å². The predicted molar refractivity (Wildman–Crippen MR) is 107 cm³/mol.